The van der Waals surface area contributed by atoms with Crippen LogP contribution in [-0.2, 0) is 16.1 Å². The predicted molar refractivity (Wildman–Crippen MR) is 97.8 cm³/mol. The van der Waals surface area contributed by atoms with Crippen LogP contribution in [0.5, 0.6) is 5.75 Å². The van der Waals surface area contributed by atoms with Crippen molar-refractivity contribution < 1.29 is 19.1 Å². The highest BCUT2D eigenvalue weighted by atomic mass is 16.5. The van der Waals surface area contributed by atoms with Gasteiger partial charge >= 0.3 is 5.97 Å². The van der Waals surface area contributed by atoms with Crippen molar-refractivity contribution in [3.8, 4) is 5.75 Å². The number of carbonyl (C=O) groups excluding carboxylic acids is 2. The second-order valence-electron chi connectivity index (χ2n) is 6.57. The summed E-state index contributed by atoms with van der Waals surface area (Å²) in [4.78, 5) is 23.8. The van der Waals surface area contributed by atoms with E-state index < -0.39 is 5.97 Å². The largest absolute Gasteiger partial charge is 0.489 e. The van der Waals surface area contributed by atoms with Crippen LogP contribution >= 0.6 is 0 Å². The molecule has 0 unspecified atom stereocenters. The summed E-state index contributed by atoms with van der Waals surface area (Å²) in [7, 11) is 0. The maximum atomic E-state index is 12.0. The van der Waals surface area contributed by atoms with Crippen LogP contribution in [0.1, 0.15) is 35.7 Å². The van der Waals surface area contributed by atoms with Gasteiger partial charge < -0.3 is 14.8 Å². The van der Waals surface area contributed by atoms with Crippen molar-refractivity contribution in [3.05, 3.63) is 65.7 Å². The molecule has 1 atom stereocenters. The lowest BCUT2D eigenvalue weighted by molar-refractivity contribution is -0.124. The molecule has 1 fully saturated rings. The normalized spacial score (nSPS) is 14.3. The van der Waals surface area contributed by atoms with Gasteiger partial charge in [0.05, 0.1) is 5.56 Å². The van der Waals surface area contributed by atoms with E-state index >= 15 is 0 Å². The van der Waals surface area contributed by atoms with Crippen LogP contribution in [0.3, 0.4) is 0 Å². The van der Waals surface area contributed by atoms with Crippen molar-refractivity contribution in [2.45, 2.75) is 32.4 Å². The van der Waals surface area contributed by atoms with E-state index in [1.165, 1.54) is 0 Å². The number of hydrogen-bond donors (Lipinski definition) is 1. The zero-order valence-electron chi connectivity index (χ0n) is 14.8. The van der Waals surface area contributed by atoms with E-state index in [0.29, 0.717) is 23.8 Å². The fraction of sp³-hybridized carbons (Fsp3) is 0.333. The molecule has 0 radical (unpaired) electrons. The lowest BCUT2D eigenvalue weighted by Crippen LogP contribution is -2.37. The molecule has 0 heterocycles. The van der Waals surface area contributed by atoms with Gasteiger partial charge in [-0.3, -0.25) is 4.79 Å². The Morgan fingerprint density at radius 2 is 1.77 bits per heavy atom. The number of benzene rings is 2. The third-order valence-electron chi connectivity index (χ3n) is 4.39. The van der Waals surface area contributed by atoms with Crippen LogP contribution in [0.15, 0.2) is 54.6 Å². The van der Waals surface area contributed by atoms with Gasteiger partial charge in [0, 0.05) is 6.04 Å². The summed E-state index contributed by atoms with van der Waals surface area (Å²) in [5, 5.41) is 2.85. The fourth-order valence-corrected chi connectivity index (χ4v) is 2.65. The van der Waals surface area contributed by atoms with E-state index in [0.717, 1.165) is 18.4 Å². The summed E-state index contributed by atoms with van der Waals surface area (Å²) < 4.78 is 10.7. The molecule has 1 aliphatic carbocycles. The summed E-state index contributed by atoms with van der Waals surface area (Å²) in [5.74, 6) is 0.453. The van der Waals surface area contributed by atoms with Crippen molar-refractivity contribution in [2.75, 3.05) is 6.61 Å². The van der Waals surface area contributed by atoms with Gasteiger partial charge in [-0.25, -0.2) is 4.79 Å². The zero-order chi connectivity index (χ0) is 18.4. The Morgan fingerprint density at radius 3 is 2.42 bits per heavy atom. The molecule has 1 saturated carbocycles. The van der Waals surface area contributed by atoms with Gasteiger partial charge in [0.15, 0.2) is 6.61 Å². The molecular formula is C21H23NO4. The lowest BCUT2D eigenvalue weighted by Gasteiger charge is -2.12. The smallest absolute Gasteiger partial charge is 0.338 e. The third-order valence-corrected chi connectivity index (χ3v) is 4.39. The third kappa shape index (κ3) is 5.34. The van der Waals surface area contributed by atoms with Crippen molar-refractivity contribution >= 4 is 11.9 Å². The van der Waals surface area contributed by atoms with Gasteiger partial charge in [-0.05, 0) is 55.5 Å². The number of nitrogens with one attached hydrogen (secondary N) is 1. The Kier molecular flexibility index (Phi) is 5.89. The van der Waals surface area contributed by atoms with E-state index in [-0.39, 0.29) is 18.6 Å². The van der Waals surface area contributed by atoms with E-state index in [4.69, 9.17) is 9.47 Å². The van der Waals surface area contributed by atoms with E-state index in [2.05, 4.69) is 5.32 Å². The maximum absolute atomic E-state index is 12.0. The highest BCUT2D eigenvalue weighted by molar-refractivity contribution is 5.91. The highest BCUT2D eigenvalue weighted by Gasteiger charge is 2.29. The van der Waals surface area contributed by atoms with E-state index in [1.54, 1.807) is 24.3 Å². The van der Waals surface area contributed by atoms with Crippen molar-refractivity contribution in [1.82, 2.24) is 5.32 Å². The summed E-state index contributed by atoms with van der Waals surface area (Å²) in [6, 6.07) is 16.7. The summed E-state index contributed by atoms with van der Waals surface area (Å²) >= 11 is 0. The molecule has 26 heavy (non-hydrogen) atoms. The Hall–Kier alpha value is -2.82. The number of hydrogen-bond acceptors (Lipinski definition) is 4. The Bertz CT molecular complexity index is 738. The van der Waals surface area contributed by atoms with Crippen LogP contribution in [-0.4, -0.2) is 24.5 Å². The second kappa shape index (κ2) is 8.52. The number of amides is 1. The second-order valence-corrected chi connectivity index (χ2v) is 6.57. The molecule has 0 saturated heterocycles. The fourth-order valence-electron chi connectivity index (χ4n) is 2.65. The first-order chi connectivity index (χ1) is 12.6. The molecule has 5 nitrogen and oxygen atoms in total. The molecular weight excluding hydrogens is 330 g/mol. The molecule has 0 bridgehead atoms. The number of ether oxygens (including phenoxy) is 2. The van der Waals surface area contributed by atoms with E-state index in [1.807, 2.05) is 37.3 Å². The molecule has 5 heteroatoms. The van der Waals surface area contributed by atoms with Gasteiger partial charge in [0.25, 0.3) is 5.91 Å². The minimum Gasteiger partial charge on any atom is -0.489 e. The van der Waals surface area contributed by atoms with Crippen LogP contribution in [0, 0.1) is 5.92 Å². The number of esters is 1. The summed E-state index contributed by atoms with van der Waals surface area (Å²) in [5.41, 5.74) is 1.46. The van der Waals surface area contributed by atoms with Crippen molar-refractivity contribution in [3.63, 3.8) is 0 Å². The summed E-state index contributed by atoms with van der Waals surface area (Å²) in [6.45, 7) is 2.18. The number of carbonyl (C=O) groups is 2. The molecule has 3 rings (SSSR count). The first-order valence-corrected chi connectivity index (χ1v) is 8.85. The maximum Gasteiger partial charge on any atom is 0.338 e. The first-order valence-electron chi connectivity index (χ1n) is 8.85. The van der Waals surface area contributed by atoms with Crippen LogP contribution in [0.2, 0.25) is 0 Å². The SMILES string of the molecule is C[C@H](NC(=O)COC(=O)c1ccc(OCc2ccccc2)cc1)C1CC1. The Balaban J connectivity index is 1.43. The topological polar surface area (TPSA) is 64.6 Å². The quantitative estimate of drug-likeness (QED) is 0.739. The zero-order valence-corrected chi connectivity index (χ0v) is 14.8. The minimum atomic E-state index is -0.520. The average molecular weight is 353 g/mol. The molecule has 1 amide bonds. The van der Waals surface area contributed by atoms with Crippen LogP contribution < -0.4 is 10.1 Å². The summed E-state index contributed by atoms with van der Waals surface area (Å²) in [6.07, 6.45) is 2.31. The standard InChI is InChI=1S/C21H23NO4/c1-15(17-7-8-17)22-20(23)14-26-21(24)18-9-11-19(12-10-18)25-13-16-5-3-2-4-6-16/h2-6,9-12,15,17H,7-8,13-14H2,1H3,(H,22,23)/t15-/m0/s1. The Morgan fingerprint density at radius 1 is 1.08 bits per heavy atom. The van der Waals surface area contributed by atoms with Gasteiger partial charge in [0.1, 0.15) is 12.4 Å². The molecule has 0 aromatic heterocycles. The molecule has 2 aromatic carbocycles. The van der Waals surface area contributed by atoms with Gasteiger partial charge in [-0.15, -0.1) is 0 Å². The molecule has 0 spiro atoms. The molecule has 1 aliphatic rings. The van der Waals surface area contributed by atoms with Crippen molar-refractivity contribution in [1.29, 1.82) is 0 Å². The Labute approximate surface area is 153 Å². The minimum absolute atomic E-state index is 0.141. The highest BCUT2D eigenvalue weighted by Crippen LogP contribution is 2.32. The molecule has 0 aliphatic heterocycles. The first kappa shape index (κ1) is 18.0. The van der Waals surface area contributed by atoms with Gasteiger partial charge in [-0.1, -0.05) is 30.3 Å². The average Bonchev–Trinajstić information content (AvgIpc) is 3.51. The molecule has 1 N–H and O–H groups in total. The lowest BCUT2D eigenvalue weighted by atomic mass is 10.2. The van der Waals surface area contributed by atoms with Gasteiger partial charge in [-0.2, -0.15) is 0 Å². The number of rotatable bonds is 8. The van der Waals surface area contributed by atoms with Crippen LogP contribution in [0.25, 0.3) is 0 Å². The van der Waals surface area contributed by atoms with E-state index in [9.17, 15) is 9.59 Å². The molecule has 2 aromatic rings. The van der Waals surface area contributed by atoms with Crippen molar-refractivity contribution in [2.24, 2.45) is 5.92 Å². The molecule has 136 valence electrons. The van der Waals surface area contributed by atoms with Gasteiger partial charge in [0.2, 0.25) is 0 Å². The monoisotopic (exact) mass is 353 g/mol. The van der Waals surface area contributed by atoms with Crippen LogP contribution in [0.4, 0.5) is 0 Å². The predicted octanol–water partition coefficient (Wildman–Crippen LogP) is 3.34.